The van der Waals surface area contributed by atoms with Crippen molar-refractivity contribution in [2.45, 2.75) is 18.9 Å². The summed E-state index contributed by atoms with van der Waals surface area (Å²) in [5.74, 6) is 0.222. The van der Waals surface area contributed by atoms with Gasteiger partial charge >= 0.3 is 0 Å². The minimum Gasteiger partial charge on any atom is -0.298 e. The molecule has 0 spiro atoms. The number of rotatable bonds is 5. The van der Waals surface area contributed by atoms with Gasteiger partial charge in [0.2, 0.25) is 5.91 Å². The van der Waals surface area contributed by atoms with E-state index in [-0.39, 0.29) is 28.7 Å². The van der Waals surface area contributed by atoms with Gasteiger partial charge in [-0.25, -0.2) is 8.42 Å². The molecule has 0 saturated carbocycles. The summed E-state index contributed by atoms with van der Waals surface area (Å²) in [6.45, 7) is 1.71. The number of hydrogen-bond acceptors (Lipinski definition) is 6. The number of carbonyl (C=O) groups is 2. The number of thioether (sulfide) groups is 1. The van der Waals surface area contributed by atoms with Gasteiger partial charge in [-0.1, -0.05) is 11.8 Å². The first-order chi connectivity index (χ1) is 8.87. The van der Waals surface area contributed by atoms with E-state index in [9.17, 15) is 18.0 Å². The molecule has 2 heterocycles. The molecule has 0 N–H and O–H groups in total. The second kappa shape index (κ2) is 5.80. The van der Waals surface area contributed by atoms with Crippen molar-refractivity contribution in [3.8, 4) is 0 Å². The van der Waals surface area contributed by atoms with Crippen LogP contribution in [0.3, 0.4) is 0 Å². The SMILES string of the molecule is CS(=O)(=O)CCN1CCC[C@H]1CN1C(=O)CSC1=O. The van der Waals surface area contributed by atoms with Gasteiger partial charge in [0.15, 0.2) is 0 Å². The Morgan fingerprint density at radius 1 is 1.37 bits per heavy atom. The number of sulfone groups is 1. The maximum Gasteiger partial charge on any atom is 0.288 e. The van der Waals surface area contributed by atoms with Crippen LogP contribution in [0.15, 0.2) is 0 Å². The van der Waals surface area contributed by atoms with E-state index < -0.39 is 9.84 Å². The Kier molecular flexibility index (Phi) is 4.52. The van der Waals surface area contributed by atoms with E-state index in [0.29, 0.717) is 13.1 Å². The van der Waals surface area contributed by atoms with Crippen molar-refractivity contribution < 1.29 is 18.0 Å². The van der Waals surface area contributed by atoms with Crippen molar-refractivity contribution >= 4 is 32.7 Å². The lowest BCUT2D eigenvalue weighted by molar-refractivity contribution is -0.125. The zero-order chi connectivity index (χ0) is 14.0. The monoisotopic (exact) mass is 306 g/mol. The molecule has 19 heavy (non-hydrogen) atoms. The van der Waals surface area contributed by atoms with Crippen LogP contribution in [-0.4, -0.2) is 72.8 Å². The van der Waals surface area contributed by atoms with E-state index >= 15 is 0 Å². The molecular formula is C11H18N2O4S2. The number of imide groups is 1. The Hall–Kier alpha value is -0.600. The van der Waals surface area contributed by atoms with Crippen LogP contribution in [0.4, 0.5) is 4.79 Å². The minimum atomic E-state index is -2.98. The highest BCUT2D eigenvalue weighted by Crippen LogP contribution is 2.23. The number of carbonyl (C=O) groups excluding carboxylic acids is 2. The van der Waals surface area contributed by atoms with E-state index in [0.717, 1.165) is 31.1 Å². The Labute approximate surface area is 117 Å². The van der Waals surface area contributed by atoms with Gasteiger partial charge in [-0.3, -0.25) is 19.4 Å². The van der Waals surface area contributed by atoms with Gasteiger partial charge in [0.1, 0.15) is 9.84 Å². The fourth-order valence-corrected chi connectivity index (χ4v) is 3.75. The Morgan fingerprint density at radius 3 is 2.68 bits per heavy atom. The Bertz CT molecular complexity index is 461. The van der Waals surface area contributed by atoms with Gasteiger partial charge in [0.05, 0.1) is 11.5 Å². The predicted molar refractivity (Wildman–Crippen MR) is 73.9 cm³/mol. The van der Waals surface area contributed by atoms with Crippen LogP contribution in [-0.2, 0) is 14.6 Å². The van der Waals surface area contributed by atoms with Crippen molar-refractivity contribution in [2.75, 3.05) is 37.4 Å². The first-order valence-electron chi connectivity index (χ1n) is 6.26. The second-order valence-corrected chi connectivity index (χ2v) is 8.21. The fraction of sp³-hybridized carbons (Fsp3) is 0.818. The third-order valence-electron chi connectivity index (χ3n) is 3.48. The molecule has 0 aliphatic carbocycles. The van der Waals surface area contributed by atoms with Gasteiger partial charge in [0.25, 0.3) is 5.24 Å². The van der Waals surface area contributed by atoms with E-state index in [1.165, 1.54) is 11.2 Å². The van der Waals surface area contributed by atoms with Crippen LogP contribution in [0, 0.1) is 0 Å². The van der Waals surface area contributed by atoms with E-state index in [1.54, 1.807) is 0 Å². The molecule has 2 aliphatic rings. The van der Waals surface area contributed by atoms with Crippen molar-refractivity contribution in [3.63, 3.8) is 0 Å². The smallest absolute Gasteiger partial charge is 0.288 e. The number of hydrogen-bond donors (Lipinski definition) is 0. The zero-order valence-electron chi connectivity index (χ0n) is 10.9. The summed E-state index contributed by atoms with van der Waals surface area (Å²) in [5.41, 5.74) is 0. The van der Waals surface area contributed by atoms with Gasteiger partial charge < -0.3 is 0 Å². The lowest BCUT2D eigenvalue weighted by atomic mass is 10.2. The maximum absolute atomic E-state index is 11.6. The normalized spacial score (nSPS) is 25.5. The molecule has 2 saturated heterocycles. The summed E-state index contributed by atoms with van der Waals surface area (Å²) < 4.78 is 22.4. The average Bonchev–Trinajstić information content (AvgIpc) is 2.87. The van der Waals surface area contributed by atoms with Crippen molar-refractivity contribution in [2.24, 2.45) is 0 Å². The molecule has 2 aliphatic heterocycles. The Balaban J connectivity index is 1.92. The van der Waals surface area contributed by atoms with Gasteiger partial charge in [-0.05, 0) is 19.4 Å². The molecule has 0 bridgehead atoms. The quantitative estimate of drug-likeness (QED) is 0.722. The first-order valence-corrected chi connectivity index (χ1v) is 9.30. The molecule has 108 valence electrons. The molecular weight excluding hydrogens is 288 g/mol. The summed E-state index contributed by atoms with van der Waals surface area (Å²) in [5, 5.41) is -0.181. The molecule has 0 aromatic rings. The average molecular weight is 306 g/mol. The van der Waals surface area contributed by atoms with Crippen LogP contribution in [0.5, 0.6) is 0 Å². The topological polar surface area (TPSA) is 74.8 Å². The molecule has 2 amide bonds. The van der Waals surface area contributed by atoms with Crippen LogP contribution < -0.4 is 0 Å². The molecule has 6 nitrogen and oxygen atoms in total. The predicted octanol–water partition coefficient (Wildman–Crippen LogP) is 0.191. The molecule has 0 radical (unpaired) electrons. The van der Waals surface area contributed by atoms with Crippen molar-refractivity contribution in [1.82, 2.24) is 9.80 Å². The largest absolute Gasteiger partial charge is 0.298 e. The van der Waals surface area contributed by atoms with E-state index in [4.69, 9.17) is 0 Å². The number of nitrogens with zero attached hydrogens (tertiary/aromatic N) is 2. The molecule has 1 atom stereocenters. The van der Waals surface area contributed by atoms with Crippen molar-refractivity contribution in [1.29, 1.82) is 0 Å². The summed E-state index contributed by atoms with van der Waals surface area (Å²) >= 11 is 1.04. The molecule has 2 rings (SSSR count). The van der Waals surface area contributed by atoms with E-state index in [1.807, 2.05) is 0 Å². The molecule has 0 unspecified atom stereocenters. The third-order valence-corrected chi connectivity index (χ3v) is 5.27. The first kappa shape index (κ1) is 14.8. The molecule has 2 fully saturated rings. The van der Waals surface area contributed by atoms with Crippen molar-refractivity contribution in [3.05, 3.63) is 0 Å². The molecule has 0 aromatic carbocycles. The van der Waals surface area contributed by atoms with Crippen LogP contribution in [0.25, 0.3) is 0 Å². The molecule has 0 aromatic heterocycles. The number of amides is 2. The van der Waals surface area contributed by atoms with Crippen LogP contribution >= 0.6 is 11.8 Å². The standard InChI is InChI=1S/C11H18N2O4S2/c1-19(16,17)6-5-12-4-2-3-9(12)7-13-10(14)8-18-11(13)15/h9H,2-8H2,1H3/t9-/m0/s1. The Morgan fingerprint density at radius 2 is 2.11 bits per heavy atom. The highest BCUT2D eigenvalue weighted by Gasteiger charge is 2.35. The number of likely N-dealkylation sites (tertiary alicyclic amines) is 1. The van der Waals surface area contributed by atoms with Crippen LogP contribution in [0.2, 0.25) is 0 Å². The van der Waals surface area contributed by atoms with E-state index in [2.05, 4.69) is 4.90 Å². The third kappa shape index (κ3) is 3.93. The maximum atomic E-state index is 11.6. The van der Waals surface area contributed by atoms with Gasteiger partial charge in [-0.15, -0.1) is 0 Å². The summed E-state index contributed by atoms with van der Waals surface area (Å²) in [6.07, 6.45) is 3.12. The molecule has 8 heteroatoms. The van der Waals surface area contributed by atoms with Gasteiger partial charge in [-0.2, -0.15) is 0 Å². The fourth-order valence-electron chi connectivity index (χ4n) is 2.45. The minimum absolute atomic E-state index is 0.105. The van der Waals surface area contributed by atoms with Crippen LogP contribution in [0.1, 0.15) is 12.8 Å². The summed E-state index contributed by atoms with van der Waals surface area (Å²) in [4.78, 5) is 26.5. The summed E-state index contributed by atoms with van der Waals surface area (Å²) in [7, 11) is -2.98. The highest BCUT2D eigenvalue weighted by atomic mass is 32.2. The highest BCUT2D eigenvalue weighted by molar-refractivity contribution is 8.14. The second-order valence-electron chi connectivity index (χ2n) is 5.02. The summed E-state index contributed by atoms with van der Waals surface area (Å²) in [6, 6.07) is 0.105. The zero-order valence-corrected chi connectivity index (χ0v) is 12.5. The lowest BCUT2D eigenvalue weighted by Gasteiger charge is -2.27. The van der Waals surface area contributed by atoms with Gasteiger partial charge in [0, 0.05) is 25.4 Å². The lowest BCUT2D eigenvalue weighted by Crippen LogP contribution is -2.43.